The van der Waals surface area contributed by atoms with Crippen LogP contribution in [0.15, 0.2) is 30.4 Å². The van der Waals surface area contributed by atoms with Crippen molar-refractivity contribution in [1.29, 1.82) is 0 Å². The second-order valence-electron chi connectivity index (χ2n) is 5.78. The molecule has 0 heterocycles. The number of rotatable bonds is 8. The standard InChI is InChI=1S/C19H29NO2/c1-6-20(7-2)19(21)18-16(12-9-8-11-15(3)4)13-10-14-17(18)22-5/h8-10,13-15H,6-7,11-12H2,1-5H3/b9-8-. The third-order valence-corrected chi connectivity index (χ3v) is 3.71. The van der Waals surface area contributed by atoms with Gasteiger partial charge in [0.05, 0.1) is 12.7 Å². The Morgan fingerprint density at radius 1 is 1.23 bits per heavy atom. The first-order valence-electron chi connectivity index (χ1n) is 8.15. The van der Waals surface area contributed by atoms with Crippen LogP contribution >= 0.6 is 0 Å². The molecule has 0 unspecified atom stereocenters. The Balaban J connectivity index is 3.07. The molecule has 0 bridgehead atoms. The Bertz CT molecular complexity index is 502. The normalized spacial score (nSPS) is 11.2. The van der Waals surface area contributed by atoms with Gasteiger partial charge in [0.15, 0.2) is 0 Å². The molecule has 22 heavy (non-hydrogen) atoms. The zero-order valence-electron chi connectivity index (χ0n) is 14.6. The number of nitrogens with zero attached hydrogens (tertiary/aromatic N) is 1. The largest absolute Gasteiger partial charge is 0.496 e. The predicted octanol–water partition coefficient (Wildman–Crippen LogP) is 4.32. The maximum Gasteiger partial charge on any atom is 0.257 e. The van der Waals surface area contributed by atoms with Gasteiger partial charge in [0.2, 0.25) is 0 Å². The molecular formula is C19H29NO2. The summed E-state index contributed by atoms with van der Waals surface area (Å²) in [6.07, 6.45) is 6.15. The van der Waals surface area contributed by atoms with Crippen molar-refractivity contribution < 1.29 is 9.53 Å². The summed E-state index contributed by atoms with van der Waals surface area (Å²) in [7, 11) is 1.62. The summed E-state index contributed by atoms with van der Waals surface area (Å²) >= 11 is 0. The molecule has 3 heteroatoms. The number of hydrogen-bond donors (Lipinski definition) is 0. The van der Waals surface area contributed by atoms with Crippen LogP contribution in [0, 0.1) is 5.92 Å². The van der Waals surface area contributed by atoms with E-state index in [1.54, 1.807) is 7.11 Å². The quantitative estimate of drug-likeness (QED) is 0.669. The fourth-order valence-corrected chi connectivity index (χ4v) is 2.41. The fraction of sp³-hybridized carbons (Fsp3) is 0.526. The molecule has 0 atom stereocenters. The van der Waals surface area contributed by atoms with Gasteiger partial charge in [-0.2, -0.15) is 0 Å². The van der Waals surface area contributed by atoms with E-state index in [9.17, 15) is 4.79 Å². The molecule has 1 rings (SSSR count). The minimum atomic E-state index is 0.0507. The van der Waals surface area contributed by atoms with Gasteiger partial charge in [-0.1, -0.05) is 38.1 Å². The van der Waals surface area contributed by atoms with Crippen LogP contribution in [-0.2, 0) is 6.42 Å². The van der Waals surface area contributed by atoms with E-state index in [1.165, 1.54) is 0 Å². The Kier molecular flexibility index (Phi) is 7.72. The molecule has 0 radical (unpaired) electrons. The van der Waals surface area contributed by atoms with Crippen molar-refractivity contribution in [2.24, 2.45) is 5.92 Å². The van der Waals surface area contributed by atoms with Crippen molar-refractivity contribution in [1.82, 2.24) is 4.90 Å². The molecule has 1 aromatic carbocycles. The van der Waals surface area contributed by atoms with E-state index < -0.39 is 0 Å². The Hall–Kier alpha value is -1.77. The van der Waals surface area contributed by atoms with Gasteiger partial charge in [-0.3, -0.25) is 4.79 Å². The van der Waals surface area contributed by atoms with Crippen molar-refractivity contribution in [3.05, 3.63) is 41.5 Å². The van der Waals surface area contributed by atoms with Gasteiger partial charge in [0.1, 0.15) is 5.75 Å². The van der Waals surface area contributed by atoms with Crippen molar-refractivity contribution in [2.75, 3.05) is 20.2 Å². The monoisotopic (exact) mass is 303 g/mol. The maximum atomic E-state index is 12.8. The van der Waals surface area contributed by atoms with Crippen molar-refractivity contribution in [2.45, 2.75) is 40.5 Å². The Morgan fingerprint density at radius 2 is 1.91 bits per heavy atom. The zero-order chi connectivity index (χ0) is 16.5. The van der Waals surface area contributed by atoms with Crippen molar-refractivity contribution in [3.8, 4) is 5.75 Å². The molecule has 0 N–H and O–H groups in total. The van der Waals surface area contributed by atoms with E-state index in [0.29, 0.717) is 30.3 Å². The molecule has 0 aliphatic carbocycles. The van der Waals surface area contributed by atoms with Gasteiger partial charge >= 0.3 is 0 Å². The topological polar surface area (TPSA) is 29.5 Å². The van der Waals surface area contributed by atoms with E-state index in [-0.39, 0.29) is 5.91 Å². The molecular weight excluding hydrogens is 274 g/mol. The summed E-state index contributed by atoms with van der Waals surface area (Å²) in [6, 6.07) is 5.82. The Morgan fingerprint density at radius 3 is 2.45 bits per heavy atom. The summed E-state index contributed by atoms with van der Waals surface area (Å²) in [4.78, 5) is 14.6. The molecule has 0 aliphatic rings. The van der Waals surface area contributed by atoms with Crippen molar-refractivity contribution >= 4 is 5.91 Å². The third-order valence-electron chi connectivity index (χ3n) is 3.71. The lowest BCUT2D eigenvalue weighted by Crippen LogP contribution is -2.31. The van der Waals surface area contributed by atoms with Gasteiger partial charge in [-0.25, -0.2) is 0 Å². The molecule has 0 saturated heterocycles. The average molecular weight is 303 g/mol. The van der Waals surface area contributed by atoms with E-state index in [4.69, 9.17) is 4.74 Å². The molecule has 1 amide bonds. The van der Waals surface area contributed by atoms with Gasteiger partial charge in [0.25, 0.3) is 5.91 Å². The number of benzene rings is 1. The lowest BCUT2D eigenvalue weighted by atomic mass is 10.0. The van der Waals surface area contributed by atoms with Gasteiger partial charge in [0, 0.05) is 13.1 Å². The minimum absolute atomic E-state index is 0.0507. The van der Waals surface area contributed by atoms with E-state index in [0.717, 1.165) is 18.4 Å². The molecule has 0 saturated carbocycles. The maximum absolute atomic E-state index is 12.8. The summed E-state index contributed by atoms with van der Waals surface area (Å²) in [5.74, 6) is 1.36. The van der Waals surface area contributed by atoms with Crippen LogP contribution in [0.1, 0.15) is 50.0 Å². The summed E-state index contributed by atoms with van der Waals surface area (Å²) in [5, 5.41) is 0. The van der Waals surface area contributed by atoms with Crippen LogP contribution in [0.5, 0.6) is 5.75 Å². The highest BCUT2D eigenvalue weighted by Crippen LogP contribution is 2.25. The van der Waals surface area contributed by atoms with Gasteiger partial charge in [-0.15, -0.1) is 0 Å². The molecule has 1 aromatic rings. The van der Waals surface area contributed by atoms with Gasteiger partial charge < -0.3 is 9.64 Å². The first kappa shape index (κ1) is 18.3. The number of ether oxygens (including phenoxy) is 1. The van der Waals surface area contributed by atoms with Crippen LogP contribution in [-0.4, -0.2) is 31.0 Å². The summed E-state index contributed by atoms with van der Waals surface area (Å²) < 4.78 is 5.42. The SMILES string of the molecule is CCN(CC)C(=O)c1c(C/C=C\CC(C)C)cccc1OC. The number of carbonyl (C=O) groups excluding carboxylic acids is 1. The Labute approximate surface area is 135 Å². The molecule has 0 aliphatic heterocycles. The molecule has 122 valence electrons. The highest BCUT2D eigenvalue weighted by molar-refractivity contribution is 5.98. The first-order chi connectivity index (χ1) is 10.5. The number of carbonyl (C=O) groups is 1. The van der Waals surface area contributed by atoms with E-state index in [1.807, 2.05) is 36.9 Å². The van der Waals surface area contributed by atoms with E-state index >= 15 is 0 Å². The summed E-state index contributed by atoms with van der Waals surface area (Å²) in [6.45, 7) is 9.81. The van der Waals surface area contributed by atoms with Gasteiger partial charge in [-0.05, 0) is 44.2 Å². The zero-order valence-corrected chi connectivity index (χ0v) is 14.6. The van der Waals surface area contributed by atoms with E-state index in [2.05, 4.69) is 26.0 Å². The highest BCUT2D eigenvalue weighted by atomic mass is 16.5. The lowest BCUT2D eigenvalue weighted by Gasteiger charge is -2.21. The third kappa shape index (κ3) is 4.90. The average Bonchev–Trinajstić information content (AvgIpc) is 2.51. The smallest absolute Gasteiger partial charge is 0.257 e. The molecule has 0 aromatic heterocycles. The van der Waals surface area contributed by atoms with Crippen LogP contribution < -0.4 is 4.74 Å². The van der Waals surface area contributed by atoms with Crippen molar-refractivity contribution in [3.63, 3.8) is 0 Å². The fourth-order valence-electron chi connectivity index (χ4n) is 2.41. The second kappa shape index (κ2) is 9.29. The summed E-state index contributed by atoms with van der Waals surface area (Å²) in [5.41, 5.74) is 1.72. The molecule has 0 fully saturated rings. The second-order valence-corrected chi connectivity index (χ2v) is 5.78. The van der Waals surface area contributed by atoms with Crippen LogP contribution in [0.25, 0.3) is 0 Å². The van der Waals surface area contributed by atoms with Crippen LogP contribution in [0.3, 0.4) is 0 Å². The predicted molar refractivity (Wildman–Crippen MR) is 92.5 cm³/mol. The van der Waals surface area contributed by atoms with Crippen LogP contribution in [0.2, 0.25) is 0 Å². The first-order valence-corrected chi connectivity index (χ1v) is 8.15. The lowest BCUT2D eigenvalue weighted by molar-refractivity contribution is 0.0768. The number of allylic oxidation sites excluding steroid dienone is 2. The van der Waals surface area contributed by atoms with Crippen LogP contribution in [0.4, 0.5) is 0 Å². The number of hydrogen-bond acceptors (Lipinski definition) is 2. The highest BCUT2D eigenvalue weighted by Gasteiger charge is 2.20. The minimum Gasteiger partial charge on any atom is -0.496 e. The number of methoxy groups -OCH3 is 1. The molecule has 0 spiro atoms. The number of amides is 1. The molecule has 3 nitrogen and oxygen atoms in total.